The summed E-state index contributed by atoms with van der Waals surface area (Å²) < 4.78 is 13.7. The number of hydrogen-bond donors (Lipinski definition) is 3. The zero-order chi connectivity index (χ0) is 19.4. The Morgan fingerprint density at radius 1 is 1.15 bits per heavy atom. The fourth-order valence-corrected chi connectivity index (χ4v) is 3.18. The molecule has 0 saturated carbocycles. The highest BCUT2D eigenvalue weighted by Crippen LogP contribution is 2.27. The number of halogens is 1. The number of para-hydroxylation sites is 1. The maximum Gasteiger partial charge on any atom is 0.323 e. The van der Waals surface area contributed by atoms with E-state index in [1.165, 1.54) is 12.1 Å². The van der Waals surface area contributed by atoms with E-state index < -0.39 is 11.8 Å². The molecule has 0 aromatic heterocycles. The summed E-state index contributed by atoms with van der Waals surface area (Å²) in [5, 5.41) is 5.29. The molecule has 0 bridgehead atoms. The van der Waals surface area contributed by atoms with Crippen molar-refractivity contribution in [3.8, 4) is 0 Å². The summed E-state index contributed by atoms with van der Waals surface area (Å²) >= 11 is 0. The van der Waals surface area contributed by atoms with Crippen LogP contribution in [-0.2, 0) is 17.8 Å². The number of carbonyl (C=O) groups excluding carboxylic acids is 2. The molecule has 0 radical (unpaired) electrons. The number of amides is 3. The first kappa shape index (κ1) is 18.8. The minimum absolute atomic E-state index is 0.0336. The number of urea groups is 1. The third-order valence-corrected chi connectivity index (χ3v) is 4.49. The van der Waals surface area contributed by atoms with Crippen molar-refractivity contribution in [1.82, 2.24) is 4.90 Å². The van der Waals surface area contributed by atoms with Crippen LogP contribution in [0.4, 0.5) is 20.6 Å². The Balaban J connectivity index is 1.70. The number of fused-ring (bicyclic) bond motifs is 1. The van der Waals surface area contributed by atoms with Crippen LogP contribution in [0.5, 0.6) is 0 Å². The maximum atomic E-state index is 13.7. The summed E-state index contributed by atoms with van der Waals surface area (Å²) in [6, 6.07) is 10.9. The van der Waals surface area contributed by atoms with Gasteiger partial charge in [0.1, 0.15) is 5.82 Å². The molecule has 142 valence electrons. The Kier molecular flexibility index (Phi) is 5.71. The molecule has 0 aliphatic carbocycles. The smallest absolute Gasteiger partial charge is 0.323 e. The number of anilines is 2. The van der Waals surface area contributed by atoms with Crippen molar-refractivity contribution >= 4 is 23.3 Å². The van der Waals surface area contributed by atoms with E-state index in [4.69, 9.17) is 5.73 Å². The van der Waals surface area contributed by atoms with Crippen LogP contribution in [0.1, 0.15) is 24.5 Å². The minimum Gasteiger partial charge on any atom is -0.338 e. The Morgan fingerprint density at radius 2 is 1.85 bits per heavy atom. The fourth-order valence-electron chi connectivity index (χ4n) is 3.18. The predicted octanol–water partition coefficient (Wildman–Crippen LogP) is 3.09. The number of carbonyl (C=O) groups is 2. The van der Waals surface area contributed by atoms with Gasteiger partial charge in [0.2, 0.25) is 5.91 Å². The first-order valence-electron chi connectivity index (χ1n) is 8.90. The Morgan fingerprint density at radius 3 is 2.59 bits per heavy atom. The zero-order valence-electron chi connectivity index (χ0n) is 15.2. The largest absolute Gasteiger partial charge is 0.338 e. The number of hydrogen-bond acceptors (Lipinski definition) is 3. The van der Waals surface area contributed by atoms with Gasteiger partial charge in [-0.05, 0) is 42.7 Å². The second-order valence-corrected chi connectivity index (χ2v) is 6.75. The van der Waals surface area contributed by atoms with Crippen molar-refractivity contribution in [3.05, 3.63) is 59.4 Å². The van der Waals surface area contributed by atoms with E-state index in [1.807, 2.05) is 19.1 Å². The summed E-state index contributed by atoms with van der Waals surface area (Å²) in [4.78, 5) is 26.3. The van der Waals surface area contributed by atoms with Gasteiger partial charge in [0, 0.05) is 31.2 Å². The van der Waals surface area contributed by atoms with Crippen LogP contribution in [0.3, 0.4) is 0 Å². The zero-order valence-corrected chi connectivity index (χ0v) is 15.2. The molecule has 4 N–H and O–H groups in total. The van der Waals surface area contributed by atoms with Crippen LogP contribution in [0.15, 0.2) is 42.5 Å². The summed E-state index contributed by atoms with van der Waals surface area (Å²) in [5.41, 5.74) is 8.48. The molecule has 2 aromatic carbocycles. The molecule has 1 atom stereocenters. The lowest BCUT2D eigenvalue weighted by Crippen LogP contribution is -2.38. The number of rotatable bonds is 4. The monoisotopic (exact) mass is 370 g/mol. The van der Waals surface area contributed by atoms with Crippen LogP contribution in [0.2, 0.25) is 0 Å². The summed E-state index contributed by atoms with van der Waals surface area (Å²) in [6.45, 7) is 2.88. The van der Waals surface area contributed by atoms with Gasteiger partial charge >= 0.3 is 6.03 Å². The molecule has 1 aliphatic rings. The SMILES string of the molecule is CC(N)CC(=O)N1CCc2c(cccc2NC(=O)Nc2ccccc2F)C1. The summed E-state index contributed by atoms with van der Waals surface area (Å²) in [7, 11) is 0. The van der Waals surface area contributed by atoms with Gasteiger partial charge in [-0.1, -0.05) is 24.3 Å². The van der Waals surface area contributed by atoms with Gasteiger partial charge in [-0.15, -0.1) is 0 Å². The van der Waals surface area contributed by atoms with Gasteiger partial charge in [-0.3, -0.25) is 4.79 Å². The van der Waals surface area contributed by atoms with E-state index in [9.17, 15) is 14.0 Å². The quantitative estimate of drug-likeness (QED) is 0.773. The van der Waals surface area contributed by atoms with E-state index in [0.29, 0.717) is 31.6 Å². The normalized spacial score (nSPS) is 14.3. The predicted molar refractivity (Wildman–Crippen MR) is 103 cm³/mol. The Hall–Kier alpha value is -2.93. The number of benzene rings is 2. The van der Waals surface area contributed by atoms with Gasteiger partial charge in [-0.2, -0.15) is 0 Å². The van der Waals surface area contributed by atoms with Gasteiger partial charge < -0.3 is 21.3 Å². The van der Waals surface area contributed by atoms with Crippen molar-refractivity contribution in [1.29, 1.82) is 0 Å². The van der Waals surface area contributed by atoms with Crippen LogP contribution in [0.25, 0.3) is 0 Å². The van der Waals surface area contributed by atoms with Crippen molar-refractivity contribution in [2.75, 3.05) is 17.2 Å². The molecule has 0 spiro atoms. The van der Waals surface area contributed by atoms with Crippen molar-refractivity contribution in [3.63, 3.8) is 0 Å². The second kappa shape index (κ2) is 8.18. The molecular weight excluding hydrogens is 347 g/mol. The highest BCUT2D eigenvalue weighted by Gasteiger charge is 2.23. The molecular formula is C20H23FN4O2. The molecule has 3 amide bonds. The topological polar surface area (TPSA) is 87.5 Å². The fraction of sp³-hybridized carbons (Fsp3) is 0.300. The van der Waals surface area contributed by atoms with E-state index in [1.54, 1.807) is 23.1 Å². The minimum atomic E-state index is -0.510. The molecule has 7 heteroatoms. The molecule has 1 aliphatic heterocycles. The van der Waals surface area contributed by atoms with Crippen LogP contribution < -0.4 is 16.4 Å². The van der Waals surface area contributed by atoms with Gasteiger partial charge in [0.25, 0.3) is 0 Å². The van der Waals surface area contributed by atoms with Crippen molar-refractivity contribution in [2.45, 2.75) is 32.4 Å². The van der Waals surface area contributed by atoms with E-state index >= 15 is 0 Å². The van der Waals surface area contributed by atoms with Crippen molar-refractivity contribution in [2.24, 2.45) is 5.73 Å². The first-order valence-corrected chi connectivity index (χ1v) is 8.90. The maximum absolute atomic E-state index is 13.7. The van der Waals surface area contributed by atoms with Gasteiger partial charge in [0.05, 0.1) is 5.69 Å². The van der Waals surface area contributed by atoms with Crippen molar-refractivity contribution < 1.29 is 14.0 Å². The molecule has 1 heterocycles. The average molecular weight is 370 g/mol. The van der Waals surface area contributed by atoms with E-state index in [-0.39, 0.29) is 17.6 Å². The molecule has 0 fully saturated rings. The summed E-state index contributed by atoms with van der Waals surface area (Å²) in [5.74, 6) is -0.461. The van der Waals surface area contributed by atoms with Gasteiger partial charge in [0.15, 0.2) is 0 Å². The third-order valence-electron chi connectivity index (χ3n) is 4.49. The van der Waals surface area contributed by atoms with Gasteiger partial charge in [-0.25, -0.2) is 9.18 Å². The Bertz CT molecular complexity index is 854. The molecule has 27 heavy (non-hydrogen) atoms. The molecule has 0 saturated heterocycles. The summed E-state index contributed by atoms with van der Waals surface area (Å²) in [6.07, 6.45) is 0.953. The van der Waals surface area contributed by atoms with Crippen LogP contribution >= 0.6 is 0 Å². The molecule has 1 unspecified atom stereocenters. The average Bonchev–Trinajstić information content (AvgIpc) is 2.63. The Labute approximate surface area is 157 Å². The number of nitrogens with zero attached hydrogens (tertiary/aromatic N) is 1. The highest BCUT2D eigenvalue weighted by atomic mass is 19.1. The first-order chi connectivity index (χ1) is 12.9. The van der Waals surface area contributed by atoms with E-state index in [0.717, 1.165) is 11.1 Å². The standard InChI is InChI=1S/C20H23FN4O2/c1-13(22)11-19(26)25-10-9-15-14(12-25)5-4-8-17(15)23-20(27)24-18-7-3-2-6-16(18)21/h2-8,13H,9-12,22H2,1H3,(H2,23,24,27). The lowest BCUT2D eigenvalue weighted by atomic mass is 9.97. The second-order valence-electron chi connectivity index (χ2n) is 6.75. The lowest BCUT2D eigenvalue weighted by Gasteiger charge is -2.30. The molecule has 6 nitrogen and oxygen atoms in total. The molecule has 2 aromatic rings. The third kappa shape index (κ3) is 4.62. The number of nitrogens with one attached hydrogen (secondary N) is 2. The highest BCUT2D eigenvalue weighted by molar-refractivity contribution is 6.00. The molecule has 3 rings (SSSR count). The number of nitrogens with two attached hydrogens (primary N) is 1. The van der Waals surface area contributed by atoms with E-state index in [2.05, 4.69) is 10.6 Å². The van der Waals surface area contributed by atoms with Crippen LogP contribution in [0, 0.1) is 5.82 Å². The lowest BCUT2D eigenvalue weighted by molar-refractivity contribution is -0.132. The van der Waals surface area contributed by atoms with Crippen LogP contribution in [-0.4, -0.2) is 29.4 Å².